The number of anilines is 1. The van der Waals surface area contributed by atoms with Crippen LogP contribution in [0.4, 0.5) is 5.69 Å². The number of hydrogen-bond acceptors (Lipinski definition) is 4. The summed E-state index contributed by atoms with van der Waals surface area (Å²) in [7, 11) is 0. The lowest BCUT2D eigenvalue weighted by atomic mass is 10.1. The zero-order chi connectivity index (χ0) is 17.8. The molecular weight excluding hydrogens is 463 g/mol. The highest BCUT2D eigenvalue weighted by molar-refractivity contribution is 14.1. The first-order valence-corrected chi connectivity index (χ1v) is 10.7. The second-order valence-corrected chi connectivity index (χ2v) is 8.99. The lowest BCUT2D eigenvalue weighted by Gasteiger charge is -2.08. The number of rotatable bonds is 5. The van der Waals surface area contributed by atoms with Crippen LogP contribution in [0.15, 0.2) is 52.2 Å². The van der Waals surface area contributed by atoms with E-state index in [4.69, 9.17) is 0 Å². The van der Waals surface area contributed by atoms with Crippen LogP contribution < -0.4 is 5.32 Å². The van der Waals surface area contributed by atoms with Crippen LogP contribution >= 0.6 is 45.7 Å². The summed E-state index contributed by atoms with van der Waals surface area (Å²) < 4.78 is 2.07. The molecule has 1 aromatic heterocycles. The Bertz CT molecular complexity index is 891. The standard InChI is InChI=1S/C19H17IN2OS2/c1-12-3-5-14(6-4-12)17-10-24-19(22-17)25-11-18(23)21-16-8-7-15(20)9-13(16)2/h3-10H,11H2,1-2H3,(H,21,23). The number of nitrogens with one attached hydrogen (secondary N) is 1. The van der Waals surface area contributed by atoms with E-state index in [0.717, 1.165) is 30.4 Å². The topological polar surface area (TPSA) is 42.0 Å². The summed E-state index contributed by atoms with van der Waals surface area (Å²) in [6, 6.07) is 14.3. The molecule has 1 N–H and O–H groups in total. The third kappa shape index (κ3) is 5.05. The fourth-order valence-corrected chi connectivity index (χ4v) is 4.54. The van der Waals surface area contributed by atoms with Gasteiger partial charge in [-0.1, -0.05) is 41.6 Å². The Balaban J connectivity index is 1.58. The summed E-state index contributed by atoms with van der Waals surface area (Å²) in [6.45, 7) is 4.07. The van der Waals surface area contributed by atoms with Gasteiger partial charge in [-0.05, 0) is 60.2 Å². The Morgan fingerprint density at radius 1 is 1.20 bits per heavy atom. The van der Waals surface area contributed by atoms with E-state index in [1.165, 1.54) is 17.3 Å². The quantitative estimate of drug-likeness (QED) is 0.373. The van der Waals surface area contributed by atoms with Gasteiger partial charge in [0, 0.05) is 20.2 Å². The van der Waals surface area contributed by atoms with Crippen molar-refractivity contribution in [1.82, 2.24) is 4.98 Å². The third-order valence-electron chi connectivity index (χ3n) is 3.62. The molecule has 0 atom stereocenters. The fraction of sp³-hybridized carbons (Fsp3) is 0.158. The van der Waals surface area contributed by atoms with Crippen molar-refractivity contribution in [2.75, 3.05) is 11.1 Å². The van der Waals surface area contributed by atoms with Gasteiger partial charge in [-0.3, -0.25) is 4.79 Å². The smallest absolute Gasteiger partial charge is 0.234 e. The Morgan fingerprint density at radius 3 is 2.68 bits per heavy atom. The molecule has 1 amide bonds. The fourth-order valence-electron chi connectivity index (χ4n) is 2.26. The molecule has 3 nitrogen and oxygen atoms in total. The molecule has 128 valence electrons. The molecule has 0 saturated carbocycles. The highest BCUT2D eigenvalue weighted by atomic mass is 127. The molecule has 0 radical (unpaired) electrons. The lowest BCUT2D eigenvalue weighted by molar-refractivity contribution is -0.113. The van der Waals surface area contributed by atoms with Gasteiger partial charge in [0.15, 0.2) is 4.34 Å². The molecule has 0 spiro atoms. The average Bonchev–Trinajstić information content (AvgIpc) is 3.05. The van der Waals surface area contributed by atoms with Crippen molar-refractivity contribution in [2.24, 2.45) is 0 Å². The second-order valence-electron chi connectivity index (χ2n) is 5.66. The predicted molar refractivity (Wildman–Crippen MR) is 116 cm³/mol. The minimum Gasteiger partial charge on any atom is -0.325 e. The number of thiazole rings is 1. The third-order valence-corrected chi connectivity index (χ3v) is 6.31. The number of aromatic nitrogens is 1. The van der Waals surface area contributed by atoms with Crippen LogP contribution in [0.25, 0.3) is 11.3 Å². The number of hydrogen-bond donors (Lipinski definition) is 1. The molecule has 3 aromatic rings. The van der Waals surface area contributed by atoms with Crippen LogP contribution in [-0.2, 0) is 4.79 Å². The van der Waals surface area contributed by atoms with Gasteiger partial charge in [-0.15, -0.1) is 11.3 Å². The van der Waals surface area contributed by atoms with E-state index in [1.807, 2.05) is 24.4 Å². The zero-order valence-corrected chi connectivity index (χ0v) is 17.7. The number of halogens is 1. The van der Waals surface area contributed by atoms with Gasteiger partial charge in [-0.2, -0.15) is 0 Å². The van der Waals surface area contributed by atoms with Gasteiger partial charge < -0.3 is 5.32 Å². The van der Waals surface area contributed by atoms with Crippen LogP contribution in [0, 0.1) is 17.4 Å². The first-order chi connectivity index (χ1) is 12.0. The molecule has 0 aliphatic heterocycles. The lowest BCUT2D eigenvalue weighted by Crippen LogP contribution is -2.14. The van der Waals surface area contributed by atoms with E-state index in [0.29, 0.717) is 5.75 Å². The minimum atomic E-state index is -0.0126. The van der Waals surface area contributed by atoms with Crippen molar-refractivity contribution in [3.8, 4) is 11.3 Å². The summed E-state index contributed by atoms with van der Waals surface area (Å²) in [5, 5.41) is 5.00. The Hall–Kier alpha value is -1.38. The van der Waals surface area contributed by atoms with Crippen LogP contribution in [0.2, 0.25) is 0 Å². The zero-order valence-electron chi connectivity index (χ0n) is 13.9. The van der Waals surface area contributed by atoms with E-state index < -0.39 is 0 Å². The van der Waals surface area contributed by atoms with Gasteiger partial charge in [-0.25, -0.2) is 4.98 Å². The molecule has 1 heterocycles. The first-order valence-electron chi connectivity index (χ1n) is 7.72. The van der Waals surface area contributed by atoms with E-state index >= 15 is 0 Å². The predicted octanol–water partition coefficient (Wildman–Crippen LogP) is 5.76. The summed E-state index contributed by atoms with van der Waals surface area (Å²) in [5.74, 6) is 0.341. The molecule has 25 heavy (non-hydrogen) atoms. The number of carbonyl (C=O) groups is 1. The molecule has 0 bridgehead atoms. The van der Waals surface area contributed by atoms with Crippen molar-refractivity contribution in [1.29, 1.82) is 0 Å². The molecule has 3 rings (SSSR count). The SMILES string of the molecule is Cc1ccc(-c2csc(SCC(=O)Nc3ccc(I)cc3C)n2)cc1. The maximum atomic E-state index is 12.2. The summed E-state index contributed by atoms with van der Waals surface area (Å²) in [5.41, 5.74) is 5.23. The summed E-state index contributed by atoms with van der Waals surface area (Å²) in [4.78, 5) is 16.8. The average molecular weight is 480 g/mol. The molecule has 2 aromatic carbocycles. The molecule has 0 unspecified atom stereocenters. The minimum absolute atomic E-state index is 0.0126. The van der Waals surface area contributed by atoms with Crippen LogP contribution in [0.3, 0.4) is 0 Å². The maximum Gasteiger partial charge on any atom is 0.234 e. The van der Waals surface area contributed by atoms with Gasteiger partial charge >= 0.3 is 0 Å². The Morgan fingerprint density at radius 2 is 1.96 bits per heavy atom. The molecule has 0 fully saturated rings. The van der Waals surface area contributed by atoms with Gasteiger partial charge in [0.25, 0.3) is 0 Å². The number of benzene rings is 2. The number of carbonyl (C=O) groups excluding carboxylic acids is 1. The normalized spacial score (nSPS) is 10.7. The van der Waals surface area contributed by atoms with Crippen LogP contribution in [-0.4, -0.2) is 16.6 Å². The molecular formula is C19H17IN2OS2. The van der Waals surface area contributed by atoms with Crippen LogP contribution in [0.1, 0.15) is 11.1 Å². The van der Waals surface area contributed by atoms with Crippen molar-refractivity contribution in [3.05, 3.63) is 62.5 Å². The molecule has 0 aliphatic rings. The van der Waals surface area contributed by atoms with Crippen molar-refractivity contribution >= 4 is 57.3 Å². The van der Waals surface area contributed by atoms with Gasteiger partial charge in [0.2, 0.25) is 5.91 Å². The van der Waals surface area contributed by atoms with Gasteiger partial charge in [0.05, 0.1) is 11.4 Å². The van der Waals surface area contributed by atoms with Crippen molar-refractivity contribution in [2.45, 2.75) is 18.2 Å². The number of nitrogens with zero attached hydrogens (tertiary/aromatic N) is 1. The highest BCUT2D eigenvalue weighted by Crippen LogP contribution is 2.28. The molecule has 0 saturated heterocycles. The largest absolute Gasteiger partial charge is 0.325 e. The van der Waals surface area contributed by atoms with E-state index in [9.17, 15) is 4.79 Å². The first kappa shape index (κ1) is 18.4. The Kier molecular flexibility index (Phi) is 6.14. The summed E-state index contributed by atoms with van der Waals surface area (Å²) >= 11 is 5.31. The monoisotopic (exact) mass is 480 g/mol. The Labute approximate surface area is 169 Å². The number of aryl methyl sites for hydroxylation is 2. The second kappa shape index (κ2) is 8.33. The van der Waals surface area contributed by atoms with E-state index in [1.54, 1.807) is 11.3 Å². The summed E-state index contributed by atoms with van der Waals surface area (Å²) in [6.07, 6.45) is 0. The van der Waals surface area contributed by atoms with Gasteiger partial charge in [0.1, 0.15) is 0 Å². The maximum absolute atomic E-state index is 12.2. The van der Waals surface area contributed by atoms with E-state index in [-0.39, 0.29) is 5.91 Å². The molecule has 6 heteroatoms. The van der Waals surface area contributed by atoms with E-state index in [2.05, 4.69) is 70.1 Å². The highest BCUT2D eigenvalue weighted by Gasteiger charge is 2.09. The number of thioether (sulfide) groups is 1. The van der Waals surface area contributed by atoms with Crippen molar-refractivity contribution < 1.29 is 4.79 Å². The molecule has 0 aliphatic carbocycles. The van der Waals surface area contributed by atoms with Crippen LogP contribution in [0.5, 0.6) is 0 Å². The number of amides is 1. The van der Waals surface area contributed by atoms with Crippen molar-refractivity contribution in [3.63, 3.8) is 0 Å².